The lowest BCUT2D eigenvalue weighted by Gasteiger charge is -2.21. The molecule has 0 amide bonds. The van der Waals surface area contributed by atoms with E-state index in [1.54, 1.807) is 6.92 Å². The Balaban J connectivity index is 3.20. The molecule has 0 spiro atoms. The van der Waals surface area contributed by atoms with Crippen molar-refractivity contribution >= 4 is 0 Å². The minimum atomic E-state index is -0.163. The molecule has 4 nitrogen and oxygen atoms in total. The lowest BCUT2D eigenvalue weighted by Crippen LogP contribution is -2.29. The second kappa shape index (κ2) is 2.79. The summed E-state index contributed by atoms with van der Waals surface area (Å²) in [4.78, 5) is 11.1. The van der Waals surface area contributed by atoms with Crippen LogP contribution >= 0.6 is 0 Å². The first-order chi connectivity index (χ1) is 5.49. The normalized spacial score (nSPS) is 12.0. The molecule has 0 saturated carbocycles. The minimum Gasteiger partial charge on any atom is -0.330 e. The average Bonchev–Trinajstić information content (AvgIpc) is 2.33. The first kappa shape index (κ1) is 9.06. The van der Waals surface area contributed by atoms with E-state index in [9.17, 15) is 4.79 Å². The van der Waals surface area contributed by atoms with Gasteiger partial charge in [-0.1, -0.05) is 13.8 Å². The summed E-state index contributed by atoms with van der Waals surface area (Å²) in [5, 5.41) is 5.39. The molecule has 0 atom stereocenters. The third kappa shape index (κ3) is 1.30. The molecule has 0 saturated heterocycles. The number of rotatable bonds is 2. The van der Waals surface area contributed by atoms with Gasteiger partial charge in [0.05, 0.1) is 0 Å². The molecule has 0 radical (unpaired) electrons. The molecule has 0 aliphatic heterocycles. The molecule has 68 valence electrons. The van der Waals surface area contributed by atoms with Crippen LogP contribution in [0.1, 0.15) is 25.1 Å². The highest BCUT2D eigenvalue weighted by molar-refractivity contribution is 5.22. The summed E-state index contributed by atoms with van der Waals surface area (Å²) in [7, 11) is 0. The van der Waals surface area contributed by atoms with Gasteiger partial charge >= 0.3 is 0 Å². The fraction of sp³-hybridized carbons (Fsp3) is 0.625. The van der Waals surface area contributed by atoms with Crippen LogP contribution in [0.2, 0.25) is 0 Å². The highest BCUT2D eigenvalue weighted by atomic mass is 16.1. The van der Waals surface area contributed by atoms with Crippen molar-refractivity contribution in [1.82, 2.24) is 10.2 Å². The van der Waals surface area contributed by atoms with E-state index in [-0.39, 0.29) is 11.0 Å². The zero-order chi connectivity index (χ0) is 9.35. The first-order valence-electron chi connectivity index (χ1n) is 3.97. The molecule has 1 heterocycles. The molecule has 1 aromatic rings. The van der Waals surface area contributed by atoms with E-state index in [0.29, 0.717) is 6.54 Å². The fourth-order valence-corrected chi connectivity index (χ4v) is 1.20. The van der Waals surface area contributed by atoms with E-state index in [0.717, 1.165) is 11.3 Å². The lowest BCUT2D eigenvalue weighted by atomic mass is 9.87. The Morgan fingerprint density at radius 3 is 2.33 bits per heavy atom. The molecule has 0 unspecified atom stereocenters. The Bertz CT molecular complexity index is 321. The van der Waals surface area contributed by atoms with E-state index in [4.69, 9.17) is 5.73 Å². The Hall–Kier alpha value is -1.03. The van der Waals surface area contributed by atoms with Crippen molar-refractivity contribution in [3.63, 3.8) is 0 Å². The van der Waals surface area contributed by atoms with E-state index in [2.05, 4.69) is 10.2 Å². The van der Waals surface area contributed by atoms with Crippen molar-refractivity contribution in [2.24, 2.45) is 5.73 Å². The Morgan fingerprint density at radius 2 is 2.00 bits per heavy atom. The number of aromatic amines is 2. The molecule has 4 heteroatoms. The van der Waals surface area contributed by atoms with Crippen molar-refractivity contribution in [1.29, 1.82) is 0 Å². The zero-order valence-corrected chi connectivity index (χ0v) is 7.69. The standard InChI is InChI=1S/C8H15N3O/c1-5-6(8(2,3)4-9)10-11-7(5)12/h4,9H2,1-3H3,(H2,10,11,12). The van der Waals surface area contributed by atoms with Crippen LogP contribution in [0.5, 0.6) is 0 Å². The summed E-state index contributed by atoms with van der Waals surface area (Å²) in [6.07, 6.45) is 0. The van der Waals surface area contributed by atoms with E-state index in [1.807, 2.05) is 13.8 Å². The maximum atomic E-state index is 11.1. The summed E-state index contributed by atoms with van der Waals surface area (Å²) in [5.74, 6) is 0. The fourth-order valence-electron chi connectivity index (χ4n) is 1.20. The first-order valence-corrected chi connectivity index (χ1v) is 3.97. The van der Waals surface area contributed by atoms with Crippen LogP contribution in [-0.4, -0.2) is 16.7 Å². The Morgan fingerprint density at radius 1 is 1.42 bits per heavy atom. The van der Waals surface area contributed by atoms with Gasteiger partial charge in [0.1, 0.15) is 0 Å². The molecule has 4 N–H and O–H groups in total. The quantitative estimate of drug-likeness (QED) is 0.593. The molecule has 12 heavy (non-hydrogen) atoms. The van der Waals surface area contributed by atoms with Crippen LogP contribution in [0, 0.1) is 6.92 Å². The second-order valence-corrected chi connectivity index (χ2v) is 3.67. The van der Waals surface area contributed by atoms with Crippen molar-refractivity contribution in [2.75, 3.05) is 6.54 Å². The van der Waals surface area contributed by atoms with Gasteiger partial charge in [-0.05, 0) is 6.92 Å². The van der Waals surface area contributed by atoms with Gasteiger partial charge in [0.2, 0.25) is 0 Å². The van der Waals surface area contributed by atoms with Crippen LogP contribution in [0.15, 0.2) is 4.79 Å². The van der Waals surface area contributed by atoms with Gasteiger partial charge in [-0.3, -0.25) is 9.89 Å². The van der Waals surface area contributed by atoms with E-state index in [1.165, 1.54) is 0 Å². The number of hydrogen-bond acceptors (Lipinski definition) is 2. The van der Waals surface area contributed by atoms with Crippen molar-refractivity contribution in [3.05, 3.63) is 21.6 Å². The van der Waals surface area contributed by atoms with Crippen molar-refractivity contribution in [2.45, 2.75) is 26.2 Å². The number of hydrogen-bond donors (Lipinski definition) is 3. The summed E-state index contributed by atoms with van der Waals surface area (Å²) < 4.78 is 0. The van der Waals surface area contributed by atoms with Crippen LogP contribution in [0.3, 0.4) is 0 Å². The van der Waals surface area contributed by atoms with Crippen molar-refractivity contribution in [3.8, 4) is 0 Å². The van der Waals surface area contributed by atoms with Gasteiger partial charge in [-0.15, -0.1) is 0 Å². The molecular formula is C8H15N3O. The number of nitrogens with one attached hydrogen (secondary N) is 2. The Kier molecular flexibility index (Phi) is 2.10. The molecule has 1 aromatic heterocycles. The summed E-state index contributed by atoms with van der Waals surface area (Å²) in [6.45, 7) is 6.31. The zero-order valence-electron chi connectivity index (χ0n) is 7.69. The molecule has 0 aliphatic carbocycles. The van der Waals surface area contributed by atoms with Gasteiger partial charge < -0.3 is 10.8 Å². The SMILES string of the molecule is Cc1c(C(C)(C)CN)[nH][nH]c1=O. The van der Waals surface area contributed by atoms with Gasteiger partial charge in [-0.2, -0.15) is 0 Å². The highest BCUT2D eigenvalue weighted by Crippen LogP contribution is 2.20. The van der Waals surface area contributed by atoms with Gasteiger partial charge in [0.15, 0.2) is 0 Å². The monoisotopic (exact) mass is 169 g/mol. The summed E-state index contributed by atoms with van der Waals surface area (Å²) in [6, 6.07) is 0. The van der Waals surface area contributed by atoms with Crippen molar-refractivity contribution < 1.29 is 0 Å². The summed E-state index contributed by atoms with van der Waals surface area (Å²) >= 11 is 0. The highest BCUT2D eigenvalue weighted by Gasteiger charge is 2.23. The maximum absolute atomic E-state index is 11.1. The smallest absolute Gasteiger partial charge is 0.267 e. The molecule has 0 fully saturated rings. The largest absolute Gasteiger partial charge is 0.330 e. The van der Waals surface area contributed by atoms with Gasteiger partial charge in [-0.25, -0.2) is 0 Å². The average molecular weight is 169 g/mol. The van der Waals surface area contributed by atoms with Crippen LogP contribution in [-0.2, 0) is 5.41 Å². The predicted octanol–water partition coefficient (Wildman–Crippen LogP) is 0.248. The molecule has 1 rings (SSSR count). The van der Waals surface area contributed by atoms with Crippen LogP contribution in [0.4, 0.5) is 0 Å². The van der Waals surface area contributed by atoms with E-state index >= 15 is 0 Å². The minimum absolute atomic E-state index is 0.0634. The number of aromatic nitrogens is 2. The Labute approximate surface area is 71.2 Å². The van der Waals surface area contributed by atoms with E-state index < -0.39 is 0 Å². The second-order valence-electron chi connectivity index (χ2n) is 3.67. The maximum Gasteiger partial charge on any atom is 0.267 e. The molecule has 0 aromatic carbocycles. The van der Waals surface area contributed by atoms with Crippen LogP contribution < -0.4 is 11.3 Å². The summed E-state index contributed by atoms with van der Waals surface area (Å²) in [5.41, 5.74) is 6.98. The third-order valence-corrected chi connectivity index (χ3v) is 2.20. The lowest BCUT2D eigenvalue weighted by molar-refractivity contribution is 0.517. The molecule has 0 bridgehead atoms. The molecule has 0 aliphatic rings. The number of H-pyrrole nitrogens is 2. The van der Waals surface area contributed by atoms with Gasteiger partial charge in [0.25, 0.3) is 5.56 Å². The molecular weight excluding hydrogens is 154 g/mol. The topological polar surface area (TPSA) is 74.7 Å². The number of nitrogens with two attached hydrogens (primary N) is 1. The van der Waals surface area contributed by atoms with Crippen LogP contribution in [0.25, 0.3) is 0 Å². The predicted molar refractivity (Wildman–Crippen MR) is 48.2 cm³/mol. The third-order valence-electron chi connectivity index (χ3n) is 2.20. The van der Waals surface area contributed by atoms with Gasteiger partial charge in [0, 0.05) is 23.2 Å².